The van der Waals surface area contributed by atoms with Gasteiger partial charge < -0.3 is 4.98 Å². The van der Waals surface area contributed by atoms with Crippen LogP contribution in [-0.2, 0) is 6.42 Å². The Morgan fingerprint density at radius 3 is 2.88 bits per heavy atom. The van der Waals surface area contributed by atoms with Crippen molar-refractivity contribution in [2.75, 3.05) is 0 Å². The minimum atomic E-state index is -0.0820. The molecule has 0 aromatic carbocycles. The zero-order chi connectivity index (χ0) is 12.4. The third-order valence-electron chi connectivity index (χ3n) is 2.17. The van der Waals surface area contributed by atoms with Crippen LogP contribution in [0, 0.1) is 9.49 Å². The smallest absolute Gasteiger partial charge is 0.264 e. The van der Waals surface area contributed by atoms with Gasteiger partial charge in [-0.15, -0.1) is 11.3 Å². The maximum Gasteiger partial charge on any atom is 0.264 e. The first-order chi connectivity index (χ1) is 8.08. The van der Waals surface area contributed by atoms with Crippen molar-refractivity contribution in [2.45, 2.75) is 20.3 Å². The van der Waals surface area contributed by atoms with Crippen LogP contribution < -0.4 is 5.56 Å². The number of aromatic amines is 1. The standard InChI is InChI=1S/C11H12IN3OS/c1-6(2)5-7-8(12)10(16)15-9(14-7)11-13-3-4-17-11/h3-4,6H,5H2,1-2H3,(H,14,15,16). The van der Waals surface area contributed by atoms with Gasteiger partial charge >= 0.3 is 0 Å². The predicted molar refractivity (Wildman–Crippen MR) is 77.2 cm³/mol. The van der Waals surface area contributed by atoms with Crippen molar-refractivity contribution in [1.29, 1.82) is 0 Å². The van der Waals surface area contributed by atoms with Gasteiger partial charge in [0.25, 0.3) is 5.56 Å². The second kappa shape index (κ2) is 5.26. The van der Waals surface area contributed by atoms with E-state index in [1.165, 1.54) is 11.3 Å². The molecule has 6 heteroatoms. The fourth-order valence-corrected chi connectivity index (χ4v) is 2.53. The molecule has 0 aliphatic rings. The van der Waals surface area contributed by atoms with E-state index in [0.29, 0.717) is 15.3 Å². The molecular formula is C11H12IN3OS. The number of aromatic nitrogens is 3. The first kappa shape index (κ1) is 12.7. The lowest BCUT2D eigenvalue weighted by molar-refractivity contribution is 0.631. The Hall–Kier alpha value is -0.760. The van der Waals surface area contributed by atoms with Gasteiger partial charge in [0, 0.05) is 11.6 Å². The molecule has 0 amide bonds. The van der Waals surface area contributed by atoms with Gasteiger partial charge in [-0.25, -0.2) is 9.97 Å². The molecule has 0 spiro atoms. The quantitative estimate of drug-likeness (QED) is 0.856. The summed E-state index contributed by atoms with van der Waals surface area (Å²) < 4.78 is 0.677. The highest BCUT2D eigenvalue weighted by atomic mass is 127. The van der Waals surface area contributed by atoms with Crippen LogP contribution in [-0.4, -0.2) is 15.0 Å². The average molecular weight is 361 g/mol. The summed E-state index contributed by atoms with van der Waals surface area (Å²) in [6.07, 6.45) is 2.51. The summed E-state index contributed by atoms with van der Waals surface area (Å²) >= 11 is 3.52. The molecule has 2 rings (SSSR count). The lowest BCUT2D eigenvalue weighted by atomic mass is 10.1. The Morgan fingerprint density at radius 2 is 2.29 bits per heavy atom. The van der Waals surface area contributed by atoms with E-state index in [2.05, 4.69) is 28.8 Å². The zero-order valence-corrected chi connectivity index (χ0v) is 12.5. The zero-order valence-electron chi connectivity index (χ0n) is 9.53. The molecule has 0 fully saturated rings. The van der Waals surface area contributed by atoms with Crippen molar-refractivity contribution < 1.29 is 0 Å². The number of H-pyrrole nitrogens is 1. The molecule has 0 radical (unpaired) electrons. The number of thiazole rings is 1. The maximum atomic E-state index is 11.8. The Labute approximate surface area is 117 Å². The molecule has 17 heavy (non-hydrogen) atoms. The van der Waals surface area contributed by atoms with Crippen LogP contribution >= 0.6 is 33.9 Å². The molecule has 0 aliphatic carbocycles. The van der Waals surface area contributed by atoms with Crippen LogP contribution in [0.5, 0.6) is 0 Å². The topological polar surface area (TPSA) is 58.6 Å². The minimum Gasteiger partial charge on any atom is -0.304 e. The van der Waals surface area contributed by atoms with E-state index in [1.54, 1.807) is 6.20 Å². The highest BCUT2D eigenvalue weighted by molar-refractivity contribution is 14.1. The average Bonchev–Trinajstić information content (AvgIpc) is 2.77. The van der Waals surface area contributed by atoms with Gasteiger partial charge in [0.15, 0.2) is 10.8 Å². The van der Waals surface area contributed by atoms with Crippen LogP contribution in [0.3, 0.4) is 0 Å². The van der Waals surface area contributed by atoms with Crippen molar-refractivity contribution in [3.8, 4) is 10.8 Å². The Balaban J connectivity index is 2.50. The van der Waals surface area contributed by atoms with Crippen molar-refractivity contribution in [2.24, 2.45) is 5.92 Å². The van der Waals surface area contributed by atoms with Crippen molar-refractivity contribution >= 4 is 33.9 Å². The Bertz CT molecular complexity index is 563. The highest BCUT2D eigenvalue weighted by Gasteiger charge is 2.12. The summed E-state index contributed by atoms with van der Waals surface area (Å²) in [6.45, 7) is 4.23. The summed E-state index contributed by atoms with van der Waals surface area (Å²) in [5.41, 5.74) is 0.774. The van der Waals surface area contributed by atoms with E-state index in [-0.39, 0.29) is 5.56 Å². The SMILES string of the molecule is CC(C)Cc1nc(-c2nccs2)[nH]c(=O)c1I. The van der Waals surface area contributed by atoms with Crippen LogP contribution in [0.4, 0.5) is 0 Å². The number of halogens is 1. The molecule has 1 N–H and O–H groups in total. The normalized spacial score (nSPS) is 11.1. The molecule has 0 saturated carbocycles. The summed E-state index contributed by atoms with van der Waals surface area (Å²) in [4.78, 5) is 23.2. The first-order valence-corrected chi connectivity index (χ1v) is 7.22. The van der Waals surface area contributed by atoms with Crippen LogP contribution in [0.15, 0.2) is 16.4 Å². The maximum absolute atomic E-state index is 11.8. The number of nitrogens with one attached hydrogen (secondary N) is 1. The molecule has 90 valence electrons. The van der Waals surface area contributed by atoms with E-state index >= 15 is 0 Å². The third kappa shape index (κ3) is 2.92. The lowest BCUT2D eigenvalue weighted by Crippen LogP contribution is -2.17. The van der Waals surface area contributed by atoms with Crippen LogP contribution in [0.25, 0.3) is 10.8 Å². The number of nitrogens with zero attached hydrogens (tertiary/aromatic N) is 2. The van der Waals surface area contributed by atoms with E-state index in [1.807, 2.05) is 28.0 Å². The molecule has 2 aromatic heterocycles. The van der Waals surface area contributed by atoms with E-state index < -0.39 is 0 Å². The molecule has 4 nitrogen and oxygen atoms in total. The lowest BCUT2D eigenvalue weighted by Gasteiger charge is -2.07. The molecule has 0 unspecified atom stereocenters. The van der Waals surface area contributed by atoms with Gasteiger partial charge in [0.1, 0.15) is 0 Å². The van der Waals surface area contributed by atoms with E-state index in [4.69, 9.17) is 0 Å². The predicted octanol–water partition coefficient (Wildman–Crippen LogP) is 2.70. The van der Waals surface area contributed by atoms with E-state index in [9.17, 15) is 4.79 Å². The molecule has 2 aromatic rings. The highest BCUT2D eigenvalue weighted by Crippen LogP contribution is 2.19. The minimum absolute atomic E-state index is 0.0820. The van der Waals surface area contributed by atoms with Gasteiger partial charge in [-0.3, -0.25) is 4.79 Å². The van der Waals surface area contributed by atoms with Gasteiger partial charge in [0.2, 0.25) is 0 Å². The second-order valence-corrected chi connectivity index (χ2v) is 6.08. The van der Waals surface area contributed by atoms with Gasteiger partial charge in [-0.1, -0.05) is 13.8 Å². The fraction of sp³-hybridized carbons (Fsp3) is 0.364. The summed E-state index contributed by atoms with van der Waals surface area (Å²) in [7, 11) is 0. The molecule has 0 saturated heterocycles. The number of hydrogen-bond acceptors (Lipinski definition) is 4. The van der Waals surface area contributed by atoms with E-state index in [0.717, 1.165) is 17.1 Å². The van der Waals surface area contributed by atoms with Crippen LogP contribution in [0.1, 0.15) is 19.5 Å². The Morgan fingerprint density at radius 1 is 1.53 bits per heavy atom. The van der Waals surface area contributed by atoms with Gasteiger partial charge in [0.05, 0.1) is 9.26 Å². The molecule has 0 bridgehead atoms. The van der Waals surface area contributed by atoms with Crippen molar-refractivity contribution in [1.82, 2.24) is 15.0 Å². The van der Waals surface area contributed by atoms with Crippen LogP contribution in [0.2, 0.25) is 0 Å². The Kier molecular flexibility index (Phi) is 3.93. The number of hydrogen-bond donors (Lipinski definition) is 1. The molecule has 0 atom stereocenters. The van der Waals surface area contributed by atoms with Crippen molar-refractivity contribution in [3.05, 3.63) is 31.2 Å². The van der Waals surface area contributed by atoms with Gasteiger partial charge in [-0.05, 0) is 34.9 Å². The monoisotopic (exact) mass is 361 g/mol. The largest absolute Gasteiger partial charge is 0.304 e. The molecule has 2 heterocycles. The summed E-state index contributed by atoms with van der Waals surface area (Å²) in [6, 6.07) is 0. The van der Waals surface area contributed by atoms with Crippen molar-refractivity contribution in [3.63, 3.8) is 0 Å². The van der Waals surface area contributed by atoms with Gasteiger partial charge in [-0.2, -0.15) is 0 Å². The number of rotatable bonds is 3. The first-order valence-electron chi connectivity index (χ1n) is 5.26. The molecular weight excluding hydrogens is 349 g/mol. The second-order valence-electron chi connectivity index (χ2n) is 4.11. The molecule has 0 aliphatic heterocycles. The fourth-order valence-electron chi connectivity index (χ4n) is 1.47. The summed E-state index contributed by atoms with van der Waals surface area (Å²) in [5, 5.41) is 2.62. The summed E-state index contributed by atoms with van der Waals surface area (Å²) in [5.74, 6) is 1.04. The third-order valence-corrected chi connectivity index (χ3v) is 4.06.